The first-order chi connectivity index (χ1) is 18.0. The van der Waals surface area contributed by atoms with Crippen LogP contribution in [0.15, 0.2) is 77.7 Å². The molecule has 2 aromatic carbocycles. The molecule has 1 aliphatic heterocycles. The molecule has 37 heavy (non-hydrogen) atoms. The number of fused-ring (bicyclic) bond motifs is 1. The van der Waals surface area contributed by atoms with Gasteiger partial charge in [0.05, 0.1) is 30.8 Å². The van der Waals surface area contributed by atoms with Gasteiger partial charge in [-0.15, -0.1) is 0 Å². The van der Waals surface area contributed by atoms with Crippen LogP contribution >= 0.6 is 0 Å². The fraction of sp³-hybridized carbons (Fsp3) is 0.250. The number of aromatic nitrogens is 3. The Labute approximate surface area is 213 Å². The molecule has 4 aromatic rings. The topological polar surface area (TPSA) is 106 Å². The minimum Gasteiger partial charge on any atom is -0.465 e. The van der Waals surface area contributed by atoms with E-state index in [1.807, 2.05) is 41.3 Å². The minimum atomic E-state index is -0.519. The number of carbonyl (C=O) groups excluding carboxylic acids is 2. The van der Waals surface area contributed by atoms with Crippen molar-refractivity contribution in [3.63, 3.8) is 0 Å². The molecule has 1 amide bonds. The lowest BCUT2D eigenvalue weighted by Gasteiger charge is -2.32. The molecule has 0 aliphatic carbocycles. The number of anilines is 2. The fourth-order valence-corrected chi connectivity index (χ4v) is 4.68. The van der Waals surface area contributed by atoms with E-state index in [-0.39, 0.29) is 17.4 Å². The predicted octanol–water partition coefficient (Wildman–Crippen LogP) is 3.48. The number of nitrogens with one attached hydrogen (secondary N) is 1. The van der Waals surface area contributed by atoms with Gasteiger partial charge in [0.25, 0.3) is 5.56 Å². The number of hydrogen-bond acceptors (Lipinski definition) is 7. The molecule has 1 saturated heterocycles. The van der Waals surface area contributed by atoms with Crippen molar-refractivity contribution in [1.82, 2.24) is 14.5 Å². The lowest BCUT2D eigenvalue weighted by atomic mass is 9.96. The van der Waals surface area contributed by atoms with Crippen LogP contribution in [0.3, 0.4) is 0 Å². The second-order valence-corrected chi connectivity index (χ2v) is 8.97. The highest BCUT2D eigenvalue weighted by Gasteiger charge is 2.29. The zero-order valence-electron chi connectivity index (χ0n) is 20.5. The van der Waals surface area contributed by atoms with Gasteiger partial charge in [0.1, 0.15) is 5.52 Å². The van der Waals surface area contributed by atoms with Gasteiger partial charge in [0.15, 0.2) is 11.5 Å². The summed E-state index contributed by atoms with van der Waals surface area (Å²) in [6.45, 7) is 1.32. The maximum atomic E-state index is 13.7. The Hall–Kier alpha value is -4.53. The van der Waals surface area contributed by atoms with Crippen molar-refractivity contribution in [2.24, 2.45) is 5.92 Å². The fourth-order valence-electron chi connectivity index (χ4n) is 4.68. The van der Waals surface area contributed by atoms with Gasteiger partial charge >= 0.3 is 5.97 Å². The highest BCUT2D eigenvalue weighted by Crippen LogP contribution is 2.24. The van der Waals surface area contributed by atoms with E-state index in [2.05, 4.69) is 15.3 Å². The lowest BCUT2D eigenvalue weighted by Crippen LogP contribution is -2.44. The number of para-hydroxylation sites is 1. The molecule has 9 heteroatoms. The molecule has 188 valence electrons. The standard InChI is InChI=1S/C28H27N5O4/c1-37-28(36)21-12-5-6-13-22(21)31-26(34)20-11-8-16-32(18-20)25-27(35)33(17-19-9-3-2-4-10-19)24-23(30-25)14-7-15-29-24/h2-7,9-10,12-15,20H,8,11,16-18H2,1H3,(H,31,34). The van der Waals surface area contributed by atoms with Crippen LogP contribution in [-0.4, -0.2) is 46.6 Å². The van der Waals surface area contributed by atoms with Crippen molar-refractivity contribution in [3.05, 3.63) is 94.4 Å². The molecule has 0 saturated carbocycles. The number of esters is 1. The summed E-state index contributed by atoms with van der Waals surface area (Å²) in [6, 6.07) is 20.1. The van der Waals surface area contributed by atoms with Gasteiger partial charge in [0, 0.05) is 19.3 Å². The Morgan fingerprint density at radius 2 is 1.84 bits per heavy atom. The van der Waals surface area contributed by atoms with Crippen molar-refractivity contribution in [1.29, 1.82) is 0 Å². The highest BCUT2D eigenvalue weighted by atomic mass is 16.5. The highest BCUT2D eigenvalue weighted by molar-refractivity contribution is 6.02. The number of methoxy groups -OCH3 is 1. The Balaban J connectivity index is 1.43. The Kier molecular flexibility index (Phi) is 6.93. The number of nitrogens with zero attached hydrogens (tertiary/aromatic N) is 4. The third-order valence-electron chi connectivity index (χ3n) is 6.55. The van der Waals surface area contributed by atoms with Gasteiger partial charge in [-0.25, -0.2) is 14.8 Å². The first-order valence-corrected chi connectivity index (χ1v) is 12.2. The van der Waals surface area contributed by atoms with Crippen molar-refractivity contribution in [2.75, 3.05) is 30.4 Å². The molecule has 1 fully saturated rings. The molecule has 0 spiro atoms. The minimum absolute atomic E-state index is 0.215. The summed E-state index contributed by atoms with van der Waals surface area (Å²) in [6.07, 6.45) is 3.04. The van der Waals surface area contributed by atoms with E-state index >= 15 is 0 Å². The van der Waals surface area contributed by atoms with E-state index < -0.39 is 5.97 Å². The van der Waals surface area contributed by atoms with Crippen LogP contribution in [-0.2, 0) is 16.1 Å². The second kappa shape index (κ2) is 10.6. The summed E-state index contributed by atoms with van der Waals surface area (Å²) in [5.74, 6) is -0.807. The summed E-state index contributed by atoms with van der Waals surface area (Å²) in [5, 5.41) is 2.88. The van der Waals surface area contributed by atoms with Crippen LogP contribution in [0.2, 0.25) is 0 Å². The normalized spacial score (nSPS) is 15.4. The van der Waals surface area contributed by atoms with Crippen LogP contribution < -0.4 is 15.8 Å². The summed E-state index contributed by atoms with van der Waals surface area (Å²) < 4.78 is 6.47. The number of benzene rings is 2. The smallest absolute Gasteiger partial charge is 0.339 e. The van der Waals surface area contributed by atoms with Gasteiger partial charge in [0.2, 0.25) is 5.91 Å². The van der Waals surface area contributed by atoms with Crippen LogP contribution in [0.5, 0.6) is 0 Å². The molecule has 0 radical (unpaired) electrons. The zero-order valence-corrected chi connectivity index (χ0v) is 20.5. The van der Waals surface area contributed by atoms with Gasteiger partial charge < -0.3 is 15.0 Å². The number of ether oxygens (including phenoxy) is 1. The molecule has 2 aromatic heterocycles. The second-order valence-electron chi connectivity index (χ2n) is 8.97. The van der Waals surface area contributed by atoms with Crippen LogP contribution in [0.25, 0.3) is 11.2 Å². The van der Waals surface area contributed by atoms with Gasteiger partial charge in [-0.05, 0) is 42.7 Å². The molecule has 1 N–H and O–H groups in total. The number of carbonyl (C=O) groups is 2. The van der Waals surface area contributed by atoms with Gasteiger partial charge in [-0.3, -0.25) is 14.2 Å². The number of hydrogen-bond donors (Lipinski definition) is 1. The molecule has 5 rings (SSSR count). The van der Waals surface area contributed by atoms with Crippen molar-refractivity contribution in [2.45, 2.75) is 19.4 Å². The number of rotatable bonds is 6. The summed E-state index contributed by atoms with van der Waals surface area (Å²) >= 11 is 0. The third-order valence-corrected chi connectivity index (χ3v) is 6.55. The molecule has 1 atom stereocenters. The Morgan fingerprint density at radius 1 is 1.05 bits per heavy atom. The van der Waals surface area contributed by atoms with Gasteiger partial charge in [-0.1, -0.05) is 42.5 Å². The number of amides is 1. The molecular formula is C28H27N5O4. The predicted molar refractivity (Wildman–Crippen MR) is 141 cm³/mol. The molecule has 1 unspecified atom stereocenters. The molecule has 1 aliphatic rings. The third kappa shape index (κ3) is 5.06. The summed E-state index contributed by atoms with van der Waals surface area (Å²) in [7, 11) is 1.30. The maximum Gasteiger partial charge on any atom is 0.339 e. The maximum absolute atomic E-state index is 13.7. The average molecular weight is 498 g/mol. The average Bonchev–Trinajstić information content (AvgIpc) is 2.95. The summed E-state index contributed by atoms with van der Waals surface area (Å²) in [4.78, 5) is 50.0. The van der Waals surface area contributed by atoms with Crippen LogP contribution in [0.1, 0.15) is 28.8 Å². The quantitative estimate of drug-likeness (QED) is 0.407. The first-order valence-electron chi connectivity index (χ1n) is 12.2. The largest absolute Gasteiger partial charge is 0.465 e. The van der Waals surface area contributed by atoms with Crippen molar-refractivity contribution >= 4 is 34.5 Å². The lowest BCUT2D eigenvalue weighted by molar-refractivity contribution is -0.120. The van der Waals surface area contributed by atoms with E-state index in [1.165, 1.54) is 7.11 Å². The van der Waals surface area contributed by atoms with E-state index in [1.54, 1.807) is 41.1 Å². The Bertz CT molecular complexity index is 1500. The Morgan fingerprint density at radius 3 is 2.65 bits per heavy atom. The van der Waals surface area contributed by atoms with E-state index in [4.69, 9.17) is 4.74 Å². The SMILES string of the molecule is COC(=O)c1ccccc1NC(=O)C1CCCN(c2nc3cccnc3n(Cc3ccccc3)c2=O)C1. The van der Waals surface area contributed by atoms with E-state index in [0.29, 0.717) is 54.3 Å². The van der Waals surface area contributed by atoms with Crippen LogP contribution in [0, 0.1) is 5.92 Å². The van der Waals surface area contributed by atoms with Crippen LogP contribution in [0.4, 0.5) is 11.5 Å². The molecule has 9 nitrogen and oxygen atoms in total. The number of pyridine rings is 1. The molecule has 3 heterocycles. The van der Waals surface area contributed by atoms with Gasteiger partial charge in [-0.2, -0.15) is 0 Å². The monoisotopic (exact) mass is 497 g/mol. The van der Waals surface area contributed by atoms with E-state index in [0.717, 1.165) is 12.0 Å². The zero-order chi connectivity index (χ0) is 25.8. The molecule has 0 bridgehead atoms. The molecular weight excluding hydrogens is 470 g/mol. The van der Waals surface area contributed by atoms with Crippen molar-refractivity contribution < 1.29 is 14.3 Å². The number of piperidine rings is 1. The van der Waals surface area contributed by atoms with Crippen molar-refractivity contribution in [3.8, 4) is 0 Å². The van der Waals surface area contributed by atoms with E-state index in [9.17, 15) is 14.4 Å². The first kappa shape index (κ1) is 24.2. The summed E-state index contributed by atoms with van der Waals surface area (Å²) in [5.41, 5.74) is 2.56.